The number of hydrogen-bond donors (Lipinski definition) is 0. The largest absolute Gasteiger partial charge is 0.496 e. The van der Waals surface area contributed by atoms with E-state index in [2.05, 4.69) is 11.7 Å². The molecule has 5 nitrogen and oxygen atoms in total. The second-order valence-electron chi connectivity index (χ2n) is 6.42. The van der Waals surface area contributed by atoms with Gasteiger partial charge in [-0.15, -0.1) is 0 Å². The normalized spacial score (nSPS) is 10.9. The average molecular weight is 403 g/mol. The lowest BCUT2D eigenvalue weighted by atomic mass is 10.1. The number of hydrogen-bond acceptors (Lipinski definition) is 5. The third kappa shape index (κ3) is 5.64. The molecule has 154 valence electrons. The van der Waals surface area contributed by atoms with E-state index in [-0.39, 0.29) is 0 Å². The topological polar surface area (TPSA) is 49.3 Å². The molecule has 3 aromatic carbocycles. The van der Waals surface area contributed by atoms with Crippen LogP contribution in [0.3, 0.4) is 0 Å². The summed E-state index contributed by atoms with van der Waals surface area (Å²) in [6.07, 6.45) is 1.75. The van der Waals surface area contributed by atoms with E-state index in [4.69, 9.17) is 19.0 Å². The van der Waals surface area contributed by atoms with Gasteiger partial charge in [-0.05, 0) is 29.8 Å². The first kappa shape index (κ1) is 21.0. The summed E-state index contributed by atoms with van der Waals surface area (Å²) in [5, 5.41) is 4.07. The molecule has 0 heterocycles. The number of ether oxygens (including phenoxy) is 3. The second kappa shape index (κ2) is 10.7. The van der Waals surface area contributed by atoms with Gasteiger partial charge in [0.2, 0.25) is 0 Å². The monoisotopic (exact) mass is 403 g/mol. The lowest BCUT2D eigenvalue weighted by Gasteiger charge is -2.11. The minimum absolute atomic E-state index is 0.309. The van der Waals surface area contributed by atoms with Crippen molar-refractivity contribution in [2.45, 2.75) is 6.61 Å². The van der Waals surface area contributed by atoms with Crippen LogP contribution in [0.1, 0.15) is 16.7 Å². The lowest BCUT2D eigenvalue weighted by molar-refractivity contribution is 0.210. The van der Waals surface area contributed by atoms with Gasteiger partial charge in [-0.25, -0.2) is 0 Å². The van der Waals surface area contributed by atoms with Gasteiger partial charge in [-0.3, -0.25) is 0 Å². The van der Waals surface area contributed by atoms with Crippen LogP contribution in [-0.4, -0.2) is 26.5 Å². The first-order chi connectivity index (χ1) is 14.7. The summed E-state index contributed by atoms with van der Waals surface area (Å²) in [4.78, 5) is 4.95. The third-order valence-electron chi connectivity index (χ3n) is 4.44. The van der Waals surface area contributed by atoms with Gasteiger partial charge in [0.15, 0.2) is 0 Å². The molecule has 0 aliphatic rings. The number of benzene rings is 3. The van der Waals surface area contributed by atoms with E-state index >= 15 is 0 Å². The van der Waals surface area contributed by atoms with E-state index < -0.39 is 0 Å². The summed E-state index contributed by atoms with van der Waals surface area (Å²) in [6, 6.07) is 23.3. The van der Waals surface area contributed by atoms with Crippen LogP contribution in [0.4, 0.5) is 0 Å². The Labute approximate surface area is 177 Å². The van der Waals surface area contributed by atoms with Gasteiger partial charge in [0.1, 0.15) is 43.3 Å². The first-order valence-electron chi connectivity index (χ1n) is 9.54. The molecule has 0 fully saturated rings. The quantitative estimate of drug-likeness (QED) is 0.338. The summed E-state index contributed by atoms with van der Waals surface area (Å²) in [5.41, 5.74) is 3.64. The number of rotatable bonds is 10. The summed E-state index contributed by atoms with van der Waals surface area (Å²) in [5.74, 6) is 2.22. The maximum Gasteiger partial charge on any atom is 0.134 e. The molecular weight excluding hydrogens is 378 g/mol. The minimum Gasteiger partial charge on any atom is -0.496 e. The van der Waals surface area contributed by atoms with Crippen LogP contribution in [-0.2, 0) is 11.4 Å². The van der Waals surface area contributed by atoms with Crippen LogP contribution < -0.4 is 14.2 Å². The molecule has 0 unspecified atom stereocenters. The predicted octanol–water partition coefficient (Wildman–Crippen LogP) is 5.35. The van der Waals surface area contributed by atoms with Crippen molar-refractivity contribution in [3.8, 4) is 17.2 Å². The van der Waals surface area contributed by atoms with Crippen molar-refractivity contribution in [2.24, 2.45) is 5.16 Å². The molecule has 5 heteroatoms. The zero-order valence-corrected chi connectivity index (χ0v) is 17.2. The average Bonchev–Trinajstić information content (AvgIpc) is 2.81. The molecule has 3 rings (SSSR count). The van der Waals surface area contributed by atoms with Gasteiger partial charge in [0, 0.05) is 17.2 Å². The molecule has 0 amide bonds. The molecule has 0 radical (unpaired) electrons. The Morgan fingerprint density at radius 1 is 0.900 bits per heavy atom. The minimum atomic E-state index is 0.309. The van der Waals surface area contributed by atoms with Crippen molar-refractivity contribution in [1.29, 1.82) is 0 Å². The summed E-state index contributed by atoms with van der Waals surface area (Å²) < 4.78 is 17.1. The van der Waals surface area contributed by atoms with Crippen molar-refractivity contribution in [2.75, 3.05) is 20.8 Å². The second-order valence-corrected chi connectivity index (χ2v) is 6.42. The van der Waals surface area contributed by atoms with Gasteiger partial charge >= 0.3 is 0 Å². The molecule has 0 aliphatic heterocycles. The van der Waals surface area contributed by atoms with Gasteiger partial charge < -0.3 is 19.0 Å². The van der Waals surface area contributed by atoms with E-state index in [9.17, 15) is 0 Å². The maximum absolute atomic E-state index is 5.87. The van der Waals surface area contributed by atoms with E-state index in [1.165, 1.54) is 7.11 Å². The highest BCUT2D eigenvalue weighted by molar-refractivity contribution is 6.01. The number of nitrogens with zero attached hydrogens (tertiary/aromatic N) is 1. The van der Waals surface area contributed by atoms with Crippen LogP contribution in [0.5, 0.6) is 17.2 Å². The Hall–Kier alpha value is -3.73. The zero-order chi connectivity index (χ0) is 21.2. The van der Waals surface area contributed by atoms with E-state index in [1.807, 2.05) is 72.8 Å². The molecule has 0 aliphatic carbocycles. The molecule has 0 N–H and O–H groups in total. The number of methoxy groups -OCH3 is 1. The molecule has 3 aromatic rings. The molecule has 0 bridgehead atoms. The predicted molar refractivity (Wildman–Crippen MR) is 119 cm³/mol. The molecule has 0 atom stereocenters. The Balaban J connectivity index is 1.57. The summed E-state index contributed by atoms with van der Waals surface area (Å²) in [7, 11) is 3.16. The Kier molecular flexibility index (Phi) is 7.50. The number of oxime groups is 1. The van der Waals surface area contributed by atoms with E-state index in [0.717, 1.165) is 39.7 Å². The van der Waals surface area contributed by atoms with Crippen molar-refractivity contribution in [1.82, 2.24) is 0 Å². The van der Waals surface area contributed by atoms with Gasteiger partial charge in [0.25, 0.3) is 0 Å². The van der Waals surface area contributed by atoms with Crippen LogP contribution in [0.2, 0.25) is 0 Å². The Morgan fingerprint density at radius 3 is 2.30 bits per heavy atom. The molecular formula is C25H25NO4. The SMILES string of the molecule is C=Cc1ccc(OCc2ccc(OCC(=NOC)c3ccccc3)cc2)cc1OC. The summed E-state index contributed by atoms with van der Waals surface area (Å²) >= 11 is 0. The molecule has 0 saturated heterocycles. The molecule has 0 saturated carbocycles. The summed E-state index contributed by atoms with van der Waals surface area (Å²) in [6.45, 7) is 4.53. The molecule has 0 aromatic heterocycles. The van der Waals surface area contributed by atoms with Crippen molar-refractivity contribution < 1.29 is 19.0 Å². The molecule has 30 heavy (non-hydrogen) atoms. The first-order valence-corrected chi connectivity index (χ1v) is 9.54. The van der Waals surface area contributed by atoms with Crippen molar-refractivity contribution in [3.63, 3.8) is 0 Å². The van der Waals surface area contributed by atoms with Crippen molar-refractivity contribution in [3.05, 3.63) is 96.1 Å². The Morgan fingerprint density at radius 2 is 1.63 bits per heavy atom. The van der Waals surface area contributed by atoms with Crippen molar-refractivity contribution >= 4 is 11.8 Å². The highest BCUT2D eigenvalue weighted by atomic mass is 16.6. The lowest BCUT2D eigenvalue weighted by Crippen LogP contribution is -2.13. The Bertz CT molecular complexity index is 982. The standard InChI is InChI=1S/C25H25NO4/c1-4-20-12-15-23(16-25(20)27-2)29-17-19-10-13-22(14-11-19)30-18-24(26-28-3)21-8-6-5-7-9-21/h4-16H,1,17-18H2,2-3H3. The van der Waals surface area contributed by atoms with E-state index in [0.29, 0.717) is 13.2 Å². The highest BCUT2D eigenvalue weighted by Gasteiger charge is 2.07. The van der Waals surface area contributed by atoms with Gasteiger partial charge in [-0.2, -0.15) is 0 Å². The van der Waals surface area contributed by atoms with Crippen LogP contribution in [0.15, 0.2) is 84.5 Å². The fourth-order valence-electron chi connectivity index (χ4n) is 2.85. The maximum atomic E-state index is 5.87. The van der Waals surface area contributed by atoms with Crippen LogP contribution in [0.25, 0.3) is 6.08 Å². The fraction of sp³-hybridized carbons (Fsp3) is 0.160. The van der Waals surface area contributed by atoms with Gasteiger partial charge in [-0.1, -0.05) is 60.3 Å². The third-order valence-corrected chi connectivity index (χ3v) is 4.44. The highest BCUT2D eigenvalue weighted by Crippen LogP contribution is 2.26. The smallest absolute Gasteiger partial charge is 0.134 e. The van der Waals surface area contributed by atoms with Gasteiger partial charge in [0.05, 0.1) is 7.11 Å². The van der Waals surface area contributed by atoms with Crippen LogP contribution in [0, 0.1) is 0 Å². The van der Waals surface area contributed by atoms with Crippen LogP contribution >= 0.6 is 0 Å². The fourth-order valence-corrected chi connectivity index (χ4v) is 2.85. The van der Waals surface area contributed by atoms with E-state index in [1.54, 1.807) is 13.2 Å². The molecule has 0 spiro atoms. The zero-order valence-electron chi connectivity index (χ0n) is 17.2.